The van der Waals surface area contributed by atoms with Crippen LogP contribution in [0.5, 0.6) is 0 Å². The van der Waals surface area contributed by atoms with E-state index in [1.807, 2.05) is 19.1 Å². The summed E-state index contributed by atoms with van der Waals surface area (Å²) in [5.74, 6) is 0. The van der Waals surface area contributed by atoms with Gasteiger partial charge in [0.2, 0.25) is 0 Å². The molecule has 15 heavy (non-hydrogen) atoms. The van der Waals surface area contributed by atoms with Gasteiger partial charge in [0.05, 0.1) is 11.3 Å². The fourth-order valence-electron chi connectivity index (χ4n) is 1.09. The van der Waals surface area contributed by atoms with Crippen LogP contribution in [-0.4, -0.2) is 17.3 Å². The minimum Gasteiger partial charge on any atom is -0.389 e. The molecule has 84 valence electrons. The number of hydrogen-bond donors (Lipinski definition) is 2. The first-order chi connectivity index (χ1) is 6.79. The molecule has 0 saturated carbocycles. The molecule has 0 spiro atoms. The van der Waals surface area contributed by atoms with E-state index < -0.39 is 5.60 Å². The van der Waals surface area contributed by atoms with Gasteiger partial charge in [-0.3, -0.25) is 0 Å². The number of hydrogen-bond acceptors (Lipinski definition) is 2. The van der Waals surface area contributed by atoms with E-state index >= 15 is 0 Å². The van der Waals surface area contributed by atoms with Gasteiger partial charge in [-0.05, 0) is 54.4 Å². The van der Waals surface area contributed by atoms with Crippen molar-refractivity contribution in [1.29, 1.82) is 0 Å². The standard InChI is InChI=1S/C11H15BrClNO/c1-7-4-8(12)10(5-9(7)13)14-6-11(2,3)15/h4-5,14-15H,6H2,1-3H3. The molecular weight excluding hydrogens is 277 g/mol. The molecule has 0 radical (unpaired) electrons. The molecule has 0 saturated heterocycles. The van der Waals surface area contributed by atoms with Gasteiger partial charge in [-0.15, -0.1) is 0 Å². The second-order valence-electron chi connectivity index (χ2n) is 4.25. The summed E-state index contributed by atoms with van der Waals surface area (Å²) in [4.78, 5) is 0. The first-order valence-corrected chi connectivity index (χ1v) is 5.88. The zero-order chi connectivity index (χ0) is 11.6. The van der Waals surface area contributed by atoms with Crippen molar-refractivity contribution in [1.82, 2.24) is 0 Å². The lowest BCUT2D eigenvalue weighted by Gasteiger charge is -2.19. The number of benzene rings is 1. The average Bonchev–Trinajstić information content (AvgIpc) is 2.07. The SMILES string of the molecule is Cc1cc(Br)c(NCC(C)(C)O)cc1Cl. The van der Waals surface area contributed by atoms with Crippen LogP contribution in [0.4, 0.5) is 5.69 Å². The molecule has 2 N–H and O–H groups in total. The number of aliphatic hydroxyl groups is 1. The van der Waals surface area contributed by atoms with E-state index in [1.165, 1.54) is 0 Å². The third-order valence-corrected chi connectivity index (χ3v) is 3.02. The summed E-state index contributed by atoms with van der Waals surface area (Å²) < 4.78 is 0.952. The minimum atomic E-state index is -0.739. The van der Waals surface area contributed by atoms with Gasteiger partial charge in [-0.1, -0.05) is 11.6 Å². The van der Waals surface area contributed by atoms with E-state index in [2.05, 4.69) is 21.2 Å². The van der Waals surface area contributed by atoms with Crippen LogP contribution in [0.15, 0.2) is 16.6 Å². The van der Waals surface area contributed by atoms with Gasteiger partial charge in [-0.2, -0.15) is 0 Å². The minimum absolute atomic E-state index is 0.477. The van der Waals surface area contributed by atoms with Crippen molar-refractivity contribution in [3.05, 3.63) is 27.2 Å². The van der Waals surface area contributed by atoms with Crippen LogP contribution in [0.1, 0.15) is 19.4 Å². The maximum absolute atomic E-state index is 9.58. The van der Waals surface area contributed by atoms with Gasteiger partial charge in [-0.25, -0.2) is 0 Å². The molecule has 0 aliphatic heterocycles. The maximum atomic E-state index is 9.58. The van der Waals surface area contributed by atoms with E-state index in [0.717, 1.165) is 20.7 Å². The Morgan fingerprint density at radius 1 is 1.47 bits per heavy atom. The Morgan fingerprint density at radius 2 is 2.07 bits per heavy atom. The van der Waals surface area contributed by atoms with Crippen LogP contribution in [0.3, 0.4) is 0 Å². The van der Waals surface area contributed by atoms with Crippen molar-refractivity contribution < 1.29 is 5.11 Å². The second-order valence-corrected chi connectivity index (χ2v) is 5.51. The third kappa shape index (κ3) is 4.01. The lowest BCUT2D eigenvalue weighted by molar-refractivity contribution is 0.0945. The van der Waals surface area contributed by atoms with Gasteiger partial charge in [0, 0.05) is 16.0 Å². The molecule has 2 nitrogen and oxygen atoms in total. The third-order valence-electron chi connectivity index (χ3n) is 1.96. The quantitative estimate of drug-likeness (QED) is 0.892. The van der Waals surface area contributed by atoms with E-state index in [9.17, 15) is 5.11 Å². The van der Waals surface area contributed by atoms with E-state index in [-0.39, 0.29) is 0 Å². The molecule has 1 aromatic rings. The summed E-state index contributed by atoms with van der Waals surface area (Å²) in [6.07, 6.45) is 0. The summed E-state index contributed by atoms with van der Waals surface area (Å²) in [6, 6.07) is 3.81. The van der Waals surface area contributed by atoms with E-state index in [1.54, 1.807) is 13.8 Å². The van der Waals surface area contributed by atoms with Crippen LogP contribution in [-0.2, 0) is 0 Å². The molecule has 0 aromatic heterocycles. The lowest BCUT2D eigenvalue weighted by atomic mass is 10.1. The van der Waals surface area contributed by atoms with Crippen molar-refractivity contribution in [2.75, 3.05) is 11.9 Å². The van der Waals surface area contributed by atoms with Crippen molar-refractivity contribution >= 4 is 33.2 Å². The molecule has 0 atom stereocenters. The Morgan fingerprint density at radius 3 is 2.60 bits per heavy atom. The monoisotopic (exact) mass is 291 g/mol. The van der Waals surface area contributed by atoms with Crippen molar-refractivity contribution in [2.45, 2.75) is 26.4 Å². The van der Waals surface area contributed by atoms with Gasteiger partial charge in [0.1, 0.15) is 0 Å². The average molecular weight is 293 g/mol. The maximum Gasteiger partial charge on any atom is 0.0763 e. The smallest absolute Gasteiger partial charge is 0.0763 e. The van der Waals surface area contributed by atoms with Crippen LogP contribution < -0.4 is 5.32 Å². The topological polar surface area (TPSA) is 32.3 Å². The molecule has 0 fully saturated rings. The van der Waals surface area contributed by atoms with Gasteiger partial charge in [0.25, 0.3) is 0 Å². The molecule has 1 rings (SSSR count). The highest BCUT2D eigenvalue weighted by Gasteiger charge is 2.13. The number of halogens is 2. The highest BCUT2D eigenvalue weighted by molar-refractivity contribution is 9.10. The van der Waals surface area contributed by atoms with Crippen molar-refractivity contribution in [3.63, 3.8) is 0 Å². The highest BCUT2D eigenvalue weighted by Crippen LogP contribution is 2.29. The summed E-state index contributed by atoms with van der Waals surface area (Å²) in [5, 5.41) is 13.4. The Labute approximate surface area is 104 Å². The fraction of sp³-hybridized carbons (Fsp3) is 0.455. The molecule has 0 amide bonds. The normalized spacial score (nSPS) is 11.6. The van der Waals surface area contributed by atoms with Crippen LogP contribution in [0.2, 0.25) is 5.02 Å². The first-order valence-electron chi connectivity index (χ1n) is 4.71. The predicted molar refractivity (Wildman–Crippen MR) is 68.7 cm³/mol. The molecular formula is C11H15BrClNO. The predicted octanol–water partition coefficient (Wildman–Crippen LogP) is 3.59. The molecule has 0 aliphatic rings. The fourth-order valence-corrected chi connectivity index (χ4v) is 1.85. The lowest BCUT2D eigenvalue weighted by Crippen LogP contribution is -2.29. The number of nitrogens with one attached hydrogen (secondary N) is 1. The molecule has 0 unspecified atom stereocenters. The van der Waals surface area contributed by atoms with E-state index in [4.69, 9.17) is 11.6 Å². The highest BCUT2D eigenvalue weighted by atomic mass is 79.9. The molecule has 0 heterocycles. The Balaban J connectivity index is 2.82. The largest absolute Gasteiger partial charge is 0.389 e. The number of aryl methyl sites for hydroxylation is 1. The second kappa shape index (κ2) is 4.73. The molecule has 0 bridgehead atoms. The zero-order valence-electron chi connectivity index (χ0n) is 9.06. The zero-order valence-corrected chi connectivity index (χ0v) is 11.4. The van der Waals surface area contributed by atoms with Crippen LogP contribution >= 0.6 is 27.5 Å². The Bertz CT molecular complexity index is 360. The van der Waals surface area contributed by atoms with Crippen molar-refractivity contribution in [3.8, 4) is 0 Å². The number of rotatable bonds is 3. The Kier molecular flexibility index (Phi) is 4.04. The van der Waals surface area contributed by atoms with Gasteiger partial charge < -0.3 is 10.4 Å². The van der Waals surface area contributed by atoms with Gasteiger partial charge in [0.15, 0.2) is 0 Å². The van der Waals surface area contributed by atoms with Crippen LogP contribution in [0.25, 0.3) is 0 Å². The summed E-state index contributed by atoms with van der Waals surface area (Å²) in [7, 11) is 0. The van der Waals surface area contributed by atoms with E-state index in [0.29, 0.717) is 6.54 Å². The molecule has 4 heteroatoms. The Hall–Kier alpha value is -0.250. The summed E-state index contributed by atoms with van der Waals surface area (Å²) >= 11 is 9.46. The summed E-state index contributed by atoms with van der Waals surface area (Å²) in [6.45, 7) is 5.94. The van der Waals surface area contributed by atoms with Crippen molar-refractivity contribution in [2.24, 2.45) is 0 Å². The number of anilines is 1. The van der Waals surface area contributed by atoms with Gasteiger partial charge >= 0.3 is 0 Å². The molecule has 0 aliphatic carbocycles. The first kappa shape index (κ1) is 12.8. The summed E-state index contributed by atoms with van der Waals surface area (Å²) in [5.41, 5.74) is 1.18. The molecule has 1 aromatic carbocycles. The van der Waals surface area contributed by atoms with Crippen LogP contribution in [0, 0.1) is 6.92 Å².